The second kappa shape index (κ2) is 5.86. The van der Waals surface area contributed by atoms with E-state index in [1.54, 1.807) is 16.2 Å². The van der Waals surface area contributed by atoms with Gasteiger partial charge in [-0.15, -0.1) is 22.7 Å². The molecule has 0 fully saturated rings. The zero-order valence-corrected chi connectivity index (χ0v) is 14.6. The molecule has 0 saturated heterocycles. The third-order valence-electron chi connectivity index (χ3n) is 2.71. The standard InChI is InChI=1S/C12H11Br2NOS2/c1-7(9-4-3-5-17-9)15(2)12(16)10-6-8(13)11(14)18-10/h3-7H,1-2H3. The van der Waals surface area contributed by atoms with Gasteiger partial charge in [-0.1, -0.05) is 6.07 Å². The molecule has 6 heteroatoms. The van der Waals surface area contributed by atoms with Gasteiger partial charge in [-0.2, -0.15) is 0 Å². The number of nitrogens with zero attached hydrogens (tertiary/aromatic N) is 1. The van der Waals surface area contributed by atoms with Gasteiger partial charge >= 0.3 is 0 Å². The van der Waals surface area contributed by atoms with Crippen molar-refractivity contribution in [1.82, 2.24) is 4.90 Å². The molecule has 0 aromatic carbocycles. The topological polar surface area (TPSA) is 20.3 Å². The van der Waals surface area contributed by atoms with E-state index in [-0.39, 0.29) is 11.9 Å². The fraction of sp³-hybridized carbons (Fsp3) is 0.250. The smallest absolute Gasteiger partial charge is 0.264 e. The van der Waals surface area contributed by atoms with Crippen molar-refractivity contribution in [2.75, 3.05) is 7.05 Å². The Balaban J connectivity index is 2.18. The van der Waals surface area contributed by atoms with Crippen LogP contribution in [-0.2, 0) is 0 Å². The highest BCUT2D eigenvalue weighted by molar-refractivity contribution is 9.13. The molecule has 18 heavy (non-hydrogen) atoms. The quantitative estimate of drug-likeness (QED) is 0.686. The lowest BCUT2D eigenvalue weighted by Crippen LogP contribution is -2.28. The molecule has 1 atom stereocenters. The van der Waals surface area contributed by atoms with E-state index in [1.165, 1.54) is 16.2 Å². The average Bonchev–Trinajstić information content (AvgIpc) is 2.97. The predicted octanol–water partition coefficient (Wildman–Crippen LogP) is 5.17. The molecule has 0 aliphatic carbocycles. The fourth-order valence-corrected chi connectivity index (χ4v) is 4.37. The van der Waals surface area contributed by atoms with Crippen LogP contribution < -0.4 is 0 Å². The normalized spacial score (nSPS) is 12.4. The van der Waals surface area contributed by atoms with Crippen molar-refractivity contribution in [2.24, 2.45) is 0 Å². The molecular weight excluding hydrogens is 398 g/mol. The number of halogens is 2. The molecule has 2 rings (SSSR count). The number of hydrogen-bond donors (Lipinski definition) is 0. The van der Waals surface area contributed by atoms with E-state index in [1.807, 2.05) is 31.5 Å². The third kappa shape index (κ3) is 2.87. The summed E-state index contributed by atoms with van der Waals surface area (Å²) in [6.07, 6.45) is 0. The molecule has 0 aliphatic rings. The number of hydrogen-bond acceptors (Lipinski definition) is 3. The maximum atomic E-state index is 12.3. The molecule has 0 N–H and O–H groups in total. The van der Waals surface area contributed by atoms with Gasteiger partial charge in [-0.25, -0.2) is 0 Å². The van der Waals surface area contributed by atoms with E-state index in [0.717, 1.165) is 13.1 Å². The van der Waals surface area contributed by atoms with Crippen molar-refractivity contribution in [3.05, 3.63) is 41.6 Å². The van der Waals surface area contributed by atoms with E-state index in [9.17, 15) is 4.79 Å². The largest absolute Gasteiger partial charge is 0.333 e. The van der Waals surface area contributed by atoms with Crippen LogP contribution >= 0.6 is 54.5 Å². The van der Waals surface area contributed by atoms with Gasteiger partial charge in [0.05, 0.1) is 14.7 Å². The van der Waals surface area contributed by atoms with Crippen LogP contribution in [0.4, 0.5) is 0 Å². The lowest BCUT2D eigenvalue weighted by molar-refractivity contribution is 0.0750. The van der Waals surface area contributed by atoms with E-state index in [2.05, 4.69) is 37.9 Å². The Morgan fingerprint density at radius 3 is 2.67 bits per heavy atom. The number of carbonyl (C=O) groups is 1. The molecule has 2 aromatic rings. The van der Waals surface area contributed by atoms with E-state index in [0.29, 0.717) is 0 Å². The van der Waals surface area contributed by atoms with Crippen molar-refractivity contribution >= 4 is 60.4 Å². The molecule has 0 saturated carbocycles. The van der Waals surface area contributed by atoms with Crippen molar-refractivity contribution in [3.8, 4) is 0 Å². The summed E-state index contributed by atoms with van der Waals surface area (Å²) in [7, 11) is 1.84. The number of carbonyl (C=O) groups excluding carboxylic acids is 1. The second-order valence-corrected chi connectivity index (χ2v) is 8.04. The Morgan fingerprint density at radius 1 is 1.44 bits per heavy atom. The van der Waals surface area contributed by atoms with Gasteiger partial charge in [0.1, 0.15) is 0 Å². The molecule has 0 bridgehead atoms. The molecule has 1 amide bonds. The first-order chi connectivity index (χ1) is 8.50. The van der Waals surface area contributed by atoms with Gasteiger partial charge in [0.2, 0.25) is 0 Å². The van der Waals surface area contributed by atoms with Crippen LogP contribution in [0, 0.1) is 0 Å². The Morgan fingerprint density at radius 2 is 2.17 bits per heavy atom. The molecule has 2 nitrogen and oxygen atoms in total. The summed E-state index contributed by atoms with van der Waals surface area (Å²) in [6, 6.07) is 6.01. The molecule has 0 radical (unpaired) electrons. The molecule has 0 aliphatic heterocycles. The van der Waals surface area contributed by atoms with Crippen LogP contribution in [0.1, 0.15) is 27.5 Å². The Labute approximate surface area is 131 Å². The Bertz CT molecular complexity index is 531. The van der Waals surface area contributed by atoms with Crippen molar-refractivity contribution in [1.29, 1.82) is 0 Å². The van der Waals surface area contributed by atoms with Crippen molar-refractivity contribution in [2.45, 2.75) is 13.0 Å². The predicted molar refractivity (Wildman–Crippen MR) is 84.5 cm³/mol. The number of amides is 1. The average molecular weight is 409 g/mol. The van der Waals surface area contributed by atoms with Gasteiger partial charge < -0.3 is 4.90 Å². The maximum absolute atomic E-state index is 12.3. The van der Waals surface area contributed by atoms with Crippen LogP contribution in [0.3, 0.4) is 0 Å². The first kappa shape index (κ1) is 14.2. The Kier molecular flexibility index (Phi) is 4.64. The van der Waals surface area contributed by atoms with E-state index >= 15 is 0 Å². The van der Waals surface area contributed by atoms with Crippen LogP contribution in [0.2, 0.25) is 0 Å². The summed E-state index contributed by atoms with van der Waals surface area (Å²) in [5, 5.41) is 2.03. The summed E-state index contributed by atoms with van der Waals surface area (Å²) < 4.78 is 1.87. The van der Waals surface area contributed by atoms with Crippen molar-refractivity contribution < 1.29 is 4.79 Å². The van der Waals surface area contributed by atoms with Gasteiger partial charge in [0.25, 0.3) is 5.91 Å². The first-order valence-electron chi connectivity index (χ1n) is 5.26. The van der Waals surface area contributed by atoms with Crippen molar-refractivity contribution in [3.63, 3.8) is 0 Å². The first-order valence-corrected chi connectivity index (χ1v) is 8.54. The third-order valence-corrected chi connectivity index (χ3v) is 7.00. The lowest BCUT2D eigenvalue weighted by Gasteiger charge is -2.23. The van der Waals surface area contributed by atoms with Crippen LogP contribution in [0.5, 0.6) is 0 Å². The zero-order valence-electron chi connectivity index (χ0n) is 9.81. The summed E-state index contributed by atoms with van der Waals surface area (Å²) in [4.78, 5) is 16.1. The monoisotopic (exact) mass is 407 g/mol. The Hall–Kier alpha value is -0.170. The highest BCUT2D eigenvalue weighted by atomic mass is 79.9. The highest BCUT2D eigenvalue weighted by Crippen LogP contribution is 2.34. The molecule has 96 valence electrons. The van der Waals surface area contributed by atoms with Gasteiger partial charge in [-0.3, -0.25) is 4.79 Å². The number of rotatable bonds is 3. The lowest BCUT2D eigenvalue weighted by atomic mass is 10.2. The van der Waals surface area contributed by atoms with Gasteiger partial charge in [-0.05, 0) is 56.3 Å². The van der Waals surface area contributed by atoms with Gasteiger partial charge in [0, 0.05) is 16.4 Å². The zero-order chi connectivity index (χ0) is 13.3. The summed E-state index contributed by atoms with van der Waals surface area (Å²) in [5.74, 6) is 0.0484. The minimum absolute atomic E-state index is 0.0484. The summed E-state index contributed by atoms with van der Waals surface area (Å²) >= 11 is 9.94. The van der Waals surface area contributed by atoms with Crippen LogP contribution in [0.15, 0.2) is 31.8 Å². The molecule has 2 heterocycles. The van der Waals surface area contributed by atoms with Crippen LogP contribution in [0.25, 0.3) is 0 Å². The SMILES string of the molecule is CC(c1cccs1)N(C)C(=O)c1cc(Br)c(Br)s1. The minimum atomic E-state index is 0.0484. The van der Waals surface area contributed by atoms with Crippen LogP contribution in [-0.4, -0.2) is 17.9 Å². The molecule has 0 spiro atoms. The fourth-order valence-electron chi connectivity index (χ4n) is 1.52. The summed E-state index contributed by atoms with van der Waals surface area (Å²) in [5.41, 5.74) is 0. The maximum Gasteiger partial charge on any atom is 0.264 e. The molecule has 1 unspecified atom stereocenters. The van der Waals surface area contributed by atoms with Gasteiger partial charge in [0.15, 0.2) is 0 Å². The minimum Gasteiger partial charge on any atom is -0.333 e. The summed E-state index contributed by atoms with van der Waals surface area (Å²) in [6.45, 7) is 2.04. The molecule has 2 aromatic heterocycles. The van der Waals surface area contributed by atoms with E-state index < -0.39 is 0 Å². The highest BCUT2D eigenvalue weighted by Gasteiger charge is 2.21. The second-order valence-electron chi connectivity index (χ2n) is 3.84. The van der Waals surface area contributed by atoms with E-state index in [4.69, 9.17) is 0 Å². The molecular formula is C12H11Br2NOS2. The number of thiophene rings is 2.